The van der Waals surface area contributed by atoms with Crippen LogP contribution in [0.15, 0.2) is 12.1 Å². The molecular weight excluding hydrogens is 295 g/mol. The summed E-state index contributed by atoms with van der Waals surface area (Å²) in [7, 11) is 0. The monoisotopic (exact) mass is 305 g/mol. The Balaban J connectivity index is 2.09. The Labute approximate surface area is 117 Å². The van der Waals surface area contributed by atoms with Gasteiger partial charge in [-0.2, -0.15) is 13.2 Å². The molecule has 1 saturated heterocycles. The van der Waals surface area contributed by atoms with Crippen LogP contribution in [0.1, 0.15) is 5.56 Å². The van der Waals surface area contributed by atoms with E-state index in [-0.39, 0.29) is 16.6 Å². The zero-order valence-electron chi connectivity index (χ0n) is 10.2. The van der Waals surface area contributed by atoms with E-state index in [0.717, 1.165) is 6.07 Å². The number of rotatable bonds is 0. The molecule has 3 rings (SSSR count). The lowest BCUT2D eigenvalue weighted by molar-refractivity contribution is -0.137. The molecule has 0 radical (unpaired) electrons. The lowest BCUT2D eigenvalue weighted by Crippen LogP contribution is -2.58. The second kappa shape index (κ2) is 4.53. The van der Waals surface area contributed by atoms with E-state index < -0.39 is 17.8 Å². The van der Waals surface area contributed by atoms with Gasteiger partial charge >= 0.3 is 6.18 Å². The Bertz CT molecular complexity index is 576. The van der Waals surface area contributed by atoms with Crippen LogP contribution in [-0.4, -0.2) is 31.6 Å². The Morgan fingerprint density at radius 1 is 1.35 bits per heavy atom. The van der Waals surface area contributed by atoms with Crippen LogP contribution in [0.25, 0.3) is 0 Å². The van der Waals surface area contributed by atoms with Gasteiger partial charge in [0.05, 0.1) is 22.0 Å². The molecule has 2 N–H and O–H groups in total. The number of amides is 1. The topological polar surface area (TPSA) is 44.4 Å². The number of nitrogens with one attached hydrogen (secondary N) is 2. The van der Waals surface area contributed by atoms with Crippen molar-refractivity contribution in [2.45, 2.75) is 12.2 Å². The molecule has 1 amide bonds. The smallest absolute Gasteiger partial charge is 0.355 e. The largest absolute Gasteiger partial charge is 0.417 e. The van der Waals surface area contributed by atoms with Crippen molar-refractivity contribution in [3.8, 4) is 0 Å². The Morgan fingerprint density at radius 2 is 2.10 bits per heavy atom. The lowest BCUT2D eigenvalue weighted by atomic mass is 10.0. The van der Waals surface area contributed by atoms with Gasteiger partial charge in [0.2, 0.25) is 5.91 Å². The third-order valence-electron chi connectivity index (χ3n) is 3.50. The number of piperazine rings is 1. The van der Waals surface area contributed by atoms with Crippen molar-refractivity contribution in [3.63, 3.8) is 0 Å². The molecule has 20 heavy (non-hydrogen) atoms. The van der Waals surface area contributed by atoms with E-state index in [9.17, 15) is 18.0 Å². The van der Waals surface area contributed by atoms with Gasteiger partial charge in [-0.25, -0.2) is 0 Å². The normalized spacial score (nSPS) is 22.1. The maximum atomic E-state index is 12.8. The molecule has 2 aliphatic heterocycles. The van der Waals surface area contributed by atoms with Gasteiger partial charge in [-0.3, -0.25) is 4.79 Å². The van der Waals surface area contributed by atoms with Gasteiger partial charge in [0.25, 0.3) is 0 Å². The van der Waals surface area contributed by atoms with Crippen molar-refractivity contribution in [1.82, 2.24) is 5.32 Å². The Hall–Kier alpha value is -1.47. The van der Waals surface area contributed by atoms with Crippen molar-refractivity contribution < 1.29 is 18.0 Å². The number of halogens is 4. The highest BCUT2D eigenvalue weighted by molar-refractivity contribution is 6.32. The first kappa shape index (κ1) is 13.5. The fraction of sp³-hybridized carbons (Fsp3) is 0.417. The number of alkyl halides is 3. The molecule has 1 fully saturated rings. The van der Waals surface area contributed by atoms with Crippen LogP contribution in [0, 0.1) is 0 Å². The number of benzene rings is 1. The molecule has 1 atom stereocenters. The maximum Gasteiger partial charge on any atom is 0.417 e. The molecule has 1 aromatic rings. The van der Waals surface area contributed by atoms with Crippen LogP contribution < -0.4 is 15.5 Å². The molecule has 2 heterocycles. The van der Waals surface area contributed by atoms with Crippen molar-refractivity contribution in [2.24, 2.45) is 0 Å². The fourth-order valence-electron chi connectivity index (χ4n) is 2.56. The molecule has 1 aromatic carbocycles. The number of nitrogens with zero attached hydrogens (tertiary/aromatic N) is 1. The molecule has 0 aromatic heterocycles. The molecule has 8 heteroatoms. The molecule has 108 valence electrons. The summed E-state index contributed by atoms with van der Waals surface area (Å²) in [6.07, 6.45) is -4.54. The number of carbonyl (C=O) groups excluding carboxylic acids is 1. The van der Waals surface area contributed by atoms with Crippen LogP contribution in [0.2, 0.25) is 5.02 Å². The van der Waals surface area contributed by atoms with Gasteiger partial charge in [-0.1, -0.05) is 11.6 Å². The second-order valence-corrected chi connectivity index (χ2v) is 5.16. The van der Waals surface area contributed by atoms with E-state index in [4.69, 9.17) is 11.6 Å². The van der Waals surface area contributed by atoms with Crippen LogP contribution >= 0.6 is 11.6 Å². The summed E-state index contributed by atoms with van der Waals surface area (Å²) in [6.45, 7) is 1.68. The minimum Gasteiger partial charge on any atom is -0.355 e. The van der Waals surface area contributed by atoms with E-state index in [1.165, 1.54) is 6.07 Å². The van der Waals surface area contributed by atoms with Gasteiger partial charge in [-0.05, 0) is 12.1 Å². The zero-order valence-corrected chi connectivity index (χ0v) is 11.0. The Morgan fingerprint density at radius 3 is 2.80 bits per heavy atom. The summed E-state index contributed by atoms with van der Waals surface area (Å²) in [5.41, 5.74) is -0.245. The molecule has 4 nitrogen and oxygen atoms in total. The van der Waals surface area contributed by atoms with Gasteiger partial charge in [0.1, 0.15) is 6.04 Å². The van der Waals surface area contributed by atoms with E-state index >= 15 is 0 Å². The molecule has 0 saturated carbocycles. The van der Waals surface area contributed by atoms with Crippen molar-refractivity contribution >= 4 is 28.9 Å². The first-order valence-electron chi connectivity index (χ1n) is 6.07. The van der Waals surface area contributed by atoms with E-state index in [0.29, 0.717) is 25.3 Å². The summed E-state index contributed by atoms with van der Waals surface area (Å²) in [5.74, 6) is -0.305. The predicted octanol–water partition coefficient (Wildman–Crippen LogP) is 2.09. The number of hydrogen-bond donors (Lipinski definition) is 2. The van der Waals surface area contributed by atoms with Crippen LogP contribution in [0.4, 0.5) is 24.5 Å². The summed E-state index contributed by atoms with van der Waals surface area (Å²) < 4.78 is 38.5. The quantitative estimate of drug-likeness (QED) is 0.771. The summed E-state index contributed by atoms with van der Waals surface area (Å²) in [6, 6.07) is 1.76. The highest BCUT2D eigenvalue weighted by Gasteiger charge is 2.39. The minimum absolute atomic E-state index is 0.157. The van der Waals surface area contributed by atoms with Gasteiger partial charge < -0.3 is 15.5 Å². The molecule has 2 aliphatic rings. The van der Waals surface area contributed by atoms with Crippen LogP contribution in [-0.2, 0) is 11.0 Å². The lowest BCUT2D eigenvalue weighted by Gasteiger charge is -2.41. The van der Waals surface area contributed by atoms with E-state index in [2.05, 4.69) is 10.6 Å². The van der Waals surface area contributed by atoms with E-state index in [1.807, 2.05) is 0 Å². The minimum atomic E-state index is -4.54. The second-order valence-electron chi connectivity index (χ2n) is 4.75. The number of carbonyl (C=O) groups is 1. The summed E-state index contributed by atoms with van der Waals surface area (Å²) in [4.78, 5) is 13.7. The predicted molar refractivity (Wildman–Crippen MR) is 69.1 cm³/mol. The summed E-state index contributed by atoms with van der Waals surface area (Å²) >= 11 is 5.74. The van der Waals surface area contributed by atoms with Gasteiger partial charge in [-0.15, -0.1) is 0 Å². The van der Waals surface area contributed by atoms with Gasteiger partial charge in [0.15, 0.2) is 0 Å². The first-order chi connectivity index (χ1) is 9.38. The first-order valence-corrected chi connectivity index (χ1v) is 6.44. The van der Waals surface area contributed by atoms with Crippen molar-refractivity contribution in [1.29, 1.82) is 0 Å². The van der Waals surface area contributed by atoms with Crippen LogP contribution in [0.5, 0.6) is 0 Å². The average Bonchev–Trinajstić information content (AvgIpc) is 2.38. The van der Waals surface area contributed by atoms with Gasteiger partial charge in [0, 0.05) is 19.6 Å². The Kier molecular flexibility index (Phi) is 3.06. The molecule has 0 aliphatic carbocycles. The number of fused-ring (bicyclic) bond motifs is 3. The highest BCUT2D eigenvalue weighted by Crippen LogP contribution is 2.42. The number of anilines is 2. The van der Waals surface area contributed by atoms with E-state index in [1.54, 1.807) is 4.90 Å². The third kappa shape index (κ3) is 2.10. The van der Waals surface area contributed by atoms with Crippen molar-refractivity contribution in [3.05, 3.63) is 22.7 Å². The molecule has 0 spiro atoms. The van der Waals surface area contributed by atoms with Crippen molar-refractivity contribution in [2.75, 3.05) is 29.9 Å². The third-order valence-corrected chi connectivity index (χ3v) is 3.82. The standard InChI is InChI=1S/C12H11ClF3N3O/c13-7-4-9-8(3-6(7)12(14,15)16)18-11(20)10-5-17-1-2-19(9)10/h3-4,10,17H,1-2,5H2,(H,18,20)/t10-/m1/s1. The molecule has 0 bridgehead atoms. The maximum absolute atomic E-state index is 12.8. The SMILES string of the molecule is O=C1Nc2cc(C(F)(F)F)c(Cl)cc2N2CCNC[C@H]12. The fourth-order valence-corrected chi connectivity index (χ4v) is 2.83. The summed E-state index contributed by atoms with van der Waals surface area (Å²) in [5, 5.41) is 5.24. The highest BCUT2D eigenvalue weighted by atomic mass is 35.5. The zero-order chi connectivity index (χ0) is 14.5. The van der Waals surface area contributed by atoms with Crippen LogP contribution in [0.3, 0.4) is 0 Å². The number of hydrogen-bond acceptors (Lipinski definition) is 3. The average molecular weight is 306 g/mol. The molecule has 0 unspecified atom stereocenters. The molecular formula is C12H11ClF3N3O.